The third-order valence-corrected chi connectivity index (χ3v) is 3.67. The average molecular weight is 251 g/mol. The molecule has 1 aliphatic heterocycles. The lowest BCUT2D eigenvalue weighted by Gasteiger charge is -2.18. The molecule has 0 radical (unpaired) electrons. The molecule has 0 spiro atoms. The summed E-state index contributed by atoms with van der Waals surface area (Å²) in [5.41, 5.74) is 0. The zero-order valence-corrected chi connectivity index (χ0v) is 10.7. The maximum atomic E-state index is 11.7. The molecule has 1 aromatic rings. The molecule has 1 N–H and O–H groups in total. The Morgan fingerprint density at radius 3 is 3.24 bits per heavy atom. The second-order valence-electron chi connectivity index (χ2n) is 4.20. The van der Waals surface area contributed by atoms with Crippen LogP contribution in [0.2, 0.25) is 0 Å². The molecule has 1 aromatic heterocycles. The van der Waals surface area contributed by atoms with Crippen LogP contribution in [0.4, 0.5) is 0 Å². The molecule has 0 aliphatic carbocycles. The van der Waals surface area contributed by atoms with E-state index in [9.17, 15) is 4.79 Å². The summed E-state index contributed by atoms with van der Waals surface area (Å²) < 4.78 is 5.53. The van der Waals surface area contributed by atoms with Gasteiger partial charge in [0.1, 0.15) is 0 Å². The summed E-state index contributed by atoms with van der Waals surface area (Å²) in [6.07, 6.45) is 5.72. The number of ether oxygens (including phenoxy) is 1. The number of carbonyl (C=O) groups is 1. The van der Waals surface area contributed by atoms with E-state index in [0.29, 0.717) is 0 Å². The van der Waals surface area contributed by atoms with E-state index in [-0.39, 0.29) is 18.1 Å². The zero-order chi connectivity index (χ0) is 12.1. The molecule has 92 valence electrons. The van der Waals surface area contributed by atoms with Crippen molar-refractivity contribution >= 4 is 23.3 Å². The van der Waals surface area contributed by atoms with Gasteiger partial charge in [0.15, 0.2) is 0 Å². The first-order valence-electron chi connectivity index (χ1n) is 5.89. The van der Waals surface area contributed by atoms with Crippen LogP contribution in [0.25, 0.3) is 6.08 Å². The van der Waals surface area contributed by atoms with Crippen LogP contribution in [0.3, 0.4) is 0 Å². The van der Waals surface area contributed by atoms with Gasteiger partial charge in [-0.25, -0.2) is 0 Å². The first kappa shape index (κ1) is 12.3. The maximum absolute atomic E-state index is 11.7. The Morgan fingerprint density at radius 2 is 2.59 bits per heavy atom. The monoisotopic (exact) mass is 251 g/mol. The van der Waals surface area contributed by atoms with Crippen molar-refractivity contribution in [1.29, 1.82) is 0 Å². The van der Waals surface area contributed by atoms with Crippen LogP contribution in [-0.4, -0.2) is 24.7 Å². The molecule has 2 heterocycles. The number of amides is 1. The van der Waals surface area contributed by atoms with E-state index in [0.717, 1.165) is 24.3 Å². The summed E-state index contributed by atoms with van der Waals surface area (Å²) in [5.74, 6) is -0.0543. The van der Waals surface area contributed by atoms with E-state index in [1.807, 2.05) is 30.5 Å². The van der Waals surface area contributed by atoms with Crippen molar-refractivity contribution in [2.24, 2.45) is 0 Å². The summed E-state index contributed by atoms with van der Waals surface area (Å²) in [6, 6.07) is 4.04. The standard InChI is InChI=1S/C13H17NO2S/c1-10(12-5-2-8-16-12)14-13(15)7-6-11-4-3-9-17-11/h3-4,6-7,9-10,12H,2,5,8H2,1H3,(H,14,15)/b7-6+. The molecule has 2 rings (SSSR count). The molecule has 1 saturated heterocycles. The smallest absolute Gasteiger partial charge is 0.244 e. The summed E-state index contributed by atoms with van der Waals surface area (Å²) in [6.45, 7) is 2.81. The van der Waals surface area contributed by atoms with Gasteiger partial charge in [-0.3, -0.25) is 4.79 Å². The molecule has 3 nitrogen and oxygen atoms in total. The molecule has 1 amide bonds. The minimum Gasteiger partial charge on any atom is -0.376 e. The molecule has 0 aromatic carbocycles. The zero-order valence-electron chi connectivity index (χ0n) is 9.89. The average Bonchev–Trinajstić information content (AvgIpc) is 2.99. The predicted octanol–water partition coefficient (Wildman–Crippen LogP) is 2.45. The minimum absolute atomic E-state index is 0.0543. The number of nitrogens with one attached hydrogen (secondary N) is 1. The van der Waals surface area contributed by atoms with Crippen LogP contribution < -0.4 is 5.32 Å². The largest absolute Gasteiger partial charge is 0.376 e. The fourth-order valence-corrected chi connectivity index (χ4v) is 2.52. The van der Waals surface area contributed by atoms with Gasteiger partial charge < -0.3 is 10.1 Å². The van der Waals surface area contributed by atoms with Crippen LogP contribution in [0, 0.1) is 0 Å². The van der Waals surface area contributed by atoms with E-state index in [1.165, 1.54) is 0 Å². The summed E-state index contributed by atoms with van der Waals surface area (Å²) in [7, 11) is 0. The summed E-state index contributed by atoms with van der Waals surface area (Å²) >= 11 is 1.62. The van der Waals surface area contributed by atoms with Gasteiger partial charge in [-0.1, -0.05) is 6.07 Å². The van der Waals surface area contributed by atoms with Gasteiger partial charge in [-0.05, 0) is 37.3 Å². The SMILES string of the molecule is CC(NC(=O)/C=C/c1cccs1)C1CCCO1. The molecule has 1 aliphatic rings. The first-order valence-corrected chi connectivity index (χ1v) is 6.77. The molecule has 1 fully saturated rings. The van der Waals surface area contributed by atoms with Crippen molar-refractivity contribution in [2.45, 2.75) is 31.9 Å². The minimum atomic E-state index is -0.0543. The number of carbonyl (C=O) groups excluding carboxylic acids is 1. The van der Waals surface area contributed by atoms with Crippen LogP contribution in [-0.2, 0) is 9.53 Å². The van der Waals surface area contributed by atoms with Gasteiger partial charge in [0, 0.05) is 17.6 Å². The Balaban J connectivity index is 1.80. The van der Waals surface area contributed by atoms with E-state index in [4.69, 9.17) is 4.74 Å². The summed E-state index contributed by atoms with van der Waals surface area (Å²) in [5, 5.41) is 4.93. The number of thiophene rings is 1. The van der Waals surface area contributed by atoms with Crippen molar-refractivity contribution < 1.29 is 9.53 Å². The van der Waals surface area contributed by atoms with Crippen LogP contribution in [0.5, 0.6) is 0 Å². The third kappa shape index (κ3) is 3.68. The molecule has 4 heteroatoms. The van der Waals surface area contributed by atoms with E-state index < -0.39 is 0 Å². The Labute approximate surface area is 105 Å². The van der Waals surface area contributed by atoms with Crippen molar-refractivity contribution in [1.82, 2.24) is 5.32 Å². The van der Waals surface area contributed by atoms with E-state index in [1.54, 1.807) is 17.4 Å². The first-order chi connectivity index (χ1) is 8.25. The second kappa shape index (κ2) is 5.98. The molecule has 17 heavy (non-hydrogen) atoms. The lowest BCUT2D eigenvalue weighted by atomic mass is 10.1. The molecule has 0 saturated carbocycles. The van der Waals surface area contributed by atoms with Crippen LogP contribution >= 0.6 is 11.3 Å². The van der Waals surface area contributed by atoms with Gasteiger partial charge in [0.05, 0.1) is 12.1 Å². The fourth-order valence-electron chi connectivity index (χ4n) is 1.91. The number of hydrogen-bond donors (Lipinski definition) is 1. The van der Waals surface area contributed by atoms with Crippen LogP contribution in [0.15, 0.2) is 23.6 Å². The number of rotatable bonds is 4. The topological polar surface area (TPSA) is 38.3 Å². The van der Waals surface area contributed by atoms with Gasteiger partial charge >= 0.3 is 0 Å². The second-order valence-corrected chi connectivity index (χ2v) is 5.18. The highest BCUT2D eigenvalue weighted by Gasteiger charge is 2.22. The summed E-state index contributed by atoms with van der Waals surface area (Å²) in [4.78, 5) is 12.7. The fraction of sp³-hybridized carbons (Fsp3) is 0.462. The Kier molecular flexibility index (Phi) is 4.34. The van der Waals surface area contributed by atoms with Crippen LogP contribution in [0.1, 0.15) is 24.6 Å². The Morgan fingerprint density at radius 1 is 1.71 bits per heavy atom. The van der Waals surface area contributed by atoms with Crippen molar-refractivity contribution in [3.05, 3.63) is 28.5 Å². The lowest BCUT2D eigenvalue weighted by molar-refractivity contribution is -0.117. The Hall–Kier alpha value is -1.13. The van der Waals surface area contributed by atoms with Gasteiger partial charge in [0.2, 0.25) is 5.91 Å². The van der Waals surface area contributed by atoms with Gasteiger partial charge in [-0.2, -0.15) is 0 Å². The predicted molar refractivity (Wildman–Crippen MR) is 69.9 cm³/mol. The van der Waals surface area contributed by atoms with Gasteiger partial charge in [-0.15, -0.1) is 11.3 Å². The number of hydrogen-bond acceptors (Lipinski definition) is 3. The molecular weight excluding hydrogens is 234 g/mol. The molecule has 2 unspecified atom stereocenters. The van der Waals surface area contributed by atoms with Gasteiger partial charge in [0.25, 0.3) is 0 Å². The van der Waals surface area contributed by atoms with Crippen molar-refractivity contribution in [3.63, 3.8) is 0 Å². The quantitative estimate of drug-likeness (QED) is 0.835. The van der Waals surface area contributed by atoms with Crippen molar-refractivity contribution in [3.8, 4) is 0 Å². The highest BCUT2D eigenvalue weighted by Crippen LogP contribution is 2.15. The normalized spacial score (nSPS) is 21.8. The van der Waals surface area contributed by atoms with Crippen molar-refractivity contribution in [2.75, 3.05) is 6.61 Å². The van der Waals surface area contributed by atoms with E-state index in [2.05, 4.69) is 5.32 Å². The molecular formula is C13H17NO2S. The third-order valence-electron chi connectivity index (χ3n) is 2.83. The highest BCUT2D eigenvalue weighted by atomic mass is 32.1. The maximum Gasteiger partial charge on any atom is 0.244 e. The highest BCUT2D eigenvalue weighted by molar-refractivity contribution is 7.10. The molecule has 0 bridgehead atoms. The lowest BCUT2D eigenvalue weighted by Crippen LogP contribution is -2.39. The van der Waals surface area contributed by atoms with E-state index >= 15 is 0 Å². The Bertz CT molecular complexity index is 380. The molecule has 2 atom stereocenters.